The fraction of sp³-hybridized carbons (Fsp3) is 0.261. The molecule has 5 rings (SSSR count). The summed E-state index contributed by atoms with van der Waals surface area (Å²) in [5.41, 5.74) is 1.38. The van der Waals surface area contributed by atoms with Gasteiger partial charge >= 0.3 is 5.97 Å². The fourth-order valence-electron chi connectivity index (χ4n) is 3.79. The number of carbonyl (C=O) groups excluding carboxylic acids is 1. The number of fused-ring (bicyclic) bond motifs is 1. The van der Waals surface area contributed by atoms with Gasteiger partial charge < -0.3 is 20.3 Å². The van der Waals surface area contributed by atoms with Gasteiger partial charge in [-0.25, -0.2) is 29.7 Å². The molecule has 0 aliphatic rings. The molecule has 37 heavy (non-hydrogen) atoms. The molecule has 0 aromatic carbocycles. The Morgan fingerprint density at radius 3 is 2.81 bits per heavy atom. The summed E-state index contributed by atoms with van der Waals surface area (Å²) < 4.78 is 8.02. The molecule has 190 valence electrons. The molecule has 3 N–H and O–H groups in total. The van der Waals surface area contributed by atoms with Crippen molar-refractivity contribution < 1.29 is 14.6 Å². The Labute approximate surface area is 213 Å². The van der Waals surface area contributed by atoms with Crippen molar-refractivity contribution in [1.29, 1.82) is 0 Å². The first-order valence-electron chi connectivity index (χ1n) is 11.3. The second kappa shape index (κ2) is 9.91. The lowest BCUT2D eigenvalue weighted by atomic mass is 10.1. The lowest BCUT2D eigenvalue weighted by molar-refractivity contribution is 0.0606. The normalized spacial score (nSPS) is 12.1. The number of aryl methyl sites for hydroxylation is 1. The zero-order valence-corrected chi connectivity index (χ0v) is 21.0. The molecule has 0 saturated heterocycles. The molecule has 0 spiro atoms. The van der Waals surface area contributed by atoms with Crippen molar-refractivity contribution in [2.24, 2.45) is 7.05 Å². The van der Waals surface area contributed by atoms with Crippen molar-refractivity contribution in [3.63, 3.8) is 0 Å². The highest BCUT2D eigenvalue weighted by molar-refractivity contribution is 7.16. The molecule has 5 heterocycles. The number of esters is 1. The van der Waals surface area contributed by atoms with Gasteiger partial charge in [0.2, 0.25) is 0 Å². The third kappa shape index (κ3) is 4.59. The number of hydrogen-bond acceptors (Lipinski definition) is 11. The second-order valence-corrected chi connectivity index (χ2v) is 9.25. The molecular weight excluding hydrogens is 498 g/mol. The van der Waals surface area contributed by atoms with Gasteiger partial charge in [-0.15, -0.1) is 11.3 Å². The summed E-state index contributed by atoms with van der Waals surface area (Å²) >= 11 is 1.18. The van der Waals surface area contributed by atoms with E-state index < -0.39 is 5.97 Å². The predicted molar refractivity (Wildman–Crippen MR) is 136 cm³/mol. The number of nitrogens with one attached hydrogen (secondary N) is 2. The number of aromatic nitrogens is 8. The van der Waals surface area contributed by atoms with Crippen molar-refractivity contribution >= 4 is 34.5 Å². The lowest BCUT2D eigenvalue weighted by Gasteiger charge is -2.10. The Kier molecular flexibility index (Phi) is 6.50. The highest BCUT2D eigenvalue weighted by Crippen LogP contribution is 2.32. The molecule has 0 saturated carbocycles. The Morgan fingerprint density at radius 1 is 1.24 bits per heavy atom. The van der Waals surface area contributed by atoms with Gasteiger partial charge in [0.15, 0.2) is 5.82 Å². The molecule has 5 aromatic rings. The molecule has 0 bridgehead atoms. The Balaban J connectivity index is 1.53. The number of imidazole rings is 1. The van der Waals surface area contributed by atoms with Crippen LogP contribution >= 0.6 is 11.3 Å². The third-order valence-corrected chi connectivity index (χ3v) is 6.72. The number of ether oxygens (including phenoxy) is 1. The average Bonchev–Trinajstić information content (AvgIpc) is 3.61. The minimum atomic E-state index is -0.465. The smallest absolute Gasteiger partial charge is 0.349 e. The molecular formula is C23H23N9O4S. The molecule has 5 aromatic heterocycles. The number of anilines is 2. The van der Waals surface area contributed by atoms with Gasteiger partial charge in [-0.3, -0.25) is 13.9 Å². The topological polar surface area (TPSA) is 165 Å². The van der Waals surface area contributed by atoms with Crippen LogP contribution in [-0.4, -0.2) is 63.9 Å². The summed E-state index contributed by atoms with van der Waals surface area (Å²) in [6.07, 6.45) is 8.51. The monoisotopic (exact) mass is 521 g/mol. The van der Waals surface area contributed by atoms with E-state index in [4.69, 9.17) is 9.72 Å². The Morgan fingerprint density at radius 2 is 2.08 bits per heavy atom. The number of thiazole rings is 1. The summed E-state index contributed by atoms with van der Waals surface area (Å²) in [7, 11) is 2.93. The Hall–Kier alpha value is -4.43. The van der Waals surface area contributed by atoms with Crippen molar-refractivity contribution in [2.75, 3.05) is 19.0 Å². The minimum Gasteiger partial charge on any atom is -0.465 e. The van der Waals surface area contributed by atoms with Crippen LogP contribution in [0.5, 0.6) is 0 Å². The van der Waals surface area contributed by atoms with Crippen LogP contribution in [0.1, 0.15) is 34.8 Å². The maximum absolute atomic E-state index is 12.3. The zero-order valence-electron chi connectivity index (χ0n) is 20.2. The number of methoxy groups -OCH3 is 1. The summed E-state index contributed by atoms with van der Waals surface area (Å²) in [4.78, 5) is 46.9. The molecule has 13 nitrogen and oxygen atoms in total. The number of hydrogen-bond donors (Lipinski definition) is 3. The van der Waals surface area contributed by atoms with Gasteiger partial charge in [-0.05, 0) is 12.5 Å². The molecule has 0 aliphatic carbocycles. The zero-order chi connectivity index (χ0) is 26.1. The standard InChI is InChI=1S/C23H23N9O4S/c1-12(5-7-33)20-30-18(21-26-10-15(37-21)23(35)36-3)14-9-25-17(11-32(14)20)28-16-4-6-24-19(29-16)13-8-27-31(2)22(13)34/h4,6,8-12,27,33H,5,7H2,1-3H3,(H,24,28,29)/t12-/m0/s1. The molecule has 0 amide bonds. The van der Waals surface area contributed by atoms with E-state index in [1.54, 1.807) is 37.9 Å². The van der Waals surface area contributed by atoms with E-state index in [1.807, 2.05) is 11.3 Å². The van der Waals surface area contributed by atoms with Crippen LogP contribution in [-0.2, 0) is 11.8 Å². The van der Waals surface area contributed by atoms with Gasteiger partial charge in [-0.2, -0.15) is 0 Å². The van der Waals surface area contributed by atoms with E-state index in [-0.39, 0.29) is 23.9 Å². The van der Waals surface area contributed by atoms with Gasteiger partial charge in [0.25, 0.3) is 5.56 Å². The third-order valence-electron chi connectivity index (χ3n) is 5.74. The second-order valence-electron chi connectivity index (χ2n) is 8.22. The quantitative estimate of drug-likeness (QED) is 0.258. The summed E-state index contributed by atoms with van der Waals surface area (Å²) in [6.45, 7) is 1.98. The first-order valence-corrected chi connectivity index (χ1v) is 12.1. The molecule has 14 heteroatoms. The number of carbonyl (C=O) groups is 1. The van der Waals surface area contributed by atoms with Crippen LogP contribution in [0, 0.1) is 0 Å². The van der Waals surface area contributed by atoms with Gasteiger partial charge in [0.1, 0.15) is 38.6 Å². The van der Waals surface area contributed by atoms with Crippen LogP contribution in [0.15, 0.2) is 41.8 Å². The van der Waals surface area contributed by atoms with E-state index >= 15 is 0 Å². The van der Waals surface area contributed by atoms with Gasteiger partial charge in [0, 0.05) is 32.0 Å². The van der Waals surface area contributed by atoms with Gasteiger partial charge in [-0.1, -0.05) is 6.92 Å². The minimum absolute atomic E-state index is 0.00761. The summed E-state index contributed by atoms with van der Waals surface area (Å²) in [5.74, 6) is 1.38. The van der Waals surface area contributed by atoms with E-state index in [0.717, 1.165) is 0 Å². The predicted octanol–water partition coefficient (Wildman–Crippen LogP) is 2.35. The first kappa shape index (κ1) is 24.3. The first-order chi connectivity index (χ1) is 17.9. The maximum Gasteiger partial charge on any atom is 0.349 e. The van der Waals surface area contributed by atoms with Crippen LogP contribution in [0.4, 0.5) is 11.6 Å². The van der Waals surface area contributed by atoms with Crippen LogP contribution in [0.25, 0.3) is 27.6 Å². The summed E-state index contributed by atoms with van der Waals surface area (Å²) in [6, 6.07) is 1.67. The Bertz CT molecular complexity index is 1650. The van der Waals surface area contributed by atoms with E-state index in [9.17, 15) is 14.7 Å². The average molecular weight is 522 g/mol. The largest absolute Gasteiger partial charge is 0.465 e. The van der Waals surface area contributed by atoms with Crippen LogP contribution in [0.3, 0.4) is 0 Å². The molecule has 0 unspecified atom stereocenters. The van der Waals surface area contributed by atoms with Crippen molar-refractivity contribution in [1.82, 2.24) is 39.1 Å². The van der Waals surface area contributed by atoms with Crippen LogP contribution < -0.4 is 10.9 Å². The van der Waals surface area contributed by atoms with E-state index in [1.165, 1.54) is 29.3 Å². The number of aromatic amines is 1. The van der Waals surface area contributed by atoms with E-state index in [0.29, 0.717) is 50.5 Å². The fourth-order valence-corrected chi connectivity index (χ4v) is 4.62. The highest BCUT2D eigenvalue weighted by Gasteiger charge is 2.22. The number of aliphatic hydroxyl groups excluding tert-OH is 1. The number of H-pyrrole nitrogens is 1. The number of aliphatic hydroxyl groups is 1. The molecule has 0 aliphatic heterocycles. The molecule has 0 fully saturated rings. The van der Waals surface area contributed by atoms with Gasteiger partial charge in [0.05, 0.1) is 31.2 Å². The number of nitrogens with zero attached hydrogens (tertiary/aromatic N) is 7. The van der Waals surface area contributed by atoms with Crippen molar-refractivity contribution in [3.8, 4) is 22.1 Å². The summed E-state index contributed by atoms with van der Waals surface area (Å²) in [5, 5.41) is 16.0. The highest BCUT2D eigenvalue weighted by atomic mass is 32.1. The number of rotatable bonds is 8. The van der Waals surface area contributed by atoms with Crippen LogP contribution in [0.2, 0.25) is 0 Å². The SMILES string of the molecule is COC(=O)c1cnc(-c2nc([C@@H](C)CCO)n3cc(Nc4ccnc(-c5c[nH]n(C)c5=O)n4)ncc23)s1. The molecule has 0 radical (unpaired) electrons. The van der Waals surface area contributed by atoms with E-state index in [2.05, 4.69) is 30.4 Å². The molecule has 1 atom stereocenters. The van der Waals surface area contributed by atoms with Crippen molar-refractivity contribution in [2.45, 2.75) is 19.3 Å². The lowest BCUT2D eigenvalue weighted by Crippen LogP contribution is -2.14. The maximum atomic E-state index is 12.3. The van der Waals surface area contributed by atoms with Crippen molar-refractivity contribution in [3.05, 3.63) is 58.1 Å².